The monoisotopic (exact) mass is 709 g/mol. The van der Waals surface area contributed by atoms with Gasteiger partial charge in [-0.05, 0) is 64.2 Å². The van der Waals surface area contributed by atoms with Gasteiger partial charge in [0.05, 0.1) is 18.5 Å². The Hall–Kier alpha value is -4.92. The minimum atomic E-state index is -0.0460. The molecule has 51 heavy (non-hydrogen) atoms. The lowest BCUT2D eigenvalue weighted by Gasteiger charge is -2.39. The van der Waals surface area contributed by atoms with E-state index in [4.69, 9.17) is 0 Å². The Balaban J connectivity index is 0.973. The van der Waals surface area contributed by atoms with Crippen LogP contribution in [0.2, 0.25) is 0 Å². The predicted molar refractivity (Wildman–Crippen MR) is 221 cm³/mol. The molecule has 4 heterocycles. The number of fused-ring (bicyclic) bond motifs is 9. The molecule has 3 atom stereocenters. The summed E-state index contributed by atoms with van der Waals surface area (Å²) in [4.78, 5) is 0. The minimum Gasteiger partial charge on any atom is -0.279 e. The van der Waals surface area contributed by atoms with Crippen LogP contribution in [0, 0.1) is 0 Å². The Bertz CT molecular complexity index is 2940. The highest BCUT2D eigenvalue weighted by atomic mass is 32.1. The predicted octanol–water partition coefficient (Wildman–Crippen LogP) is 12.6. The third kappa shape index (κ3) is 4.94. The molecular formula is C45H31N3S3. The molecule has 0 spiro atoms. The van der Waals surface area contributed by atoms with Gasteiger partial charge in [0.25, 0.3) is 0 Å². The van der Waals surface area contributed by atoms with Gasteiger partial charge in [-0.3, -0.25) is 16.0 Å². The lowest BCUT2D eigenvalue weighted by molar-refractivity contribution is 0.203. The maximum absolute atomic E-state index is 3.93. The first kappa shape index (κ1) is 29.8. The minimum absolute atomic E-state index is 0.0159. The van der Waals surface area contributed by atoms with E-state index in [1.54, 1.807) is 0 Å². The molecule has 11 rings (SSSR count). The SMILES string of the molecule is c1ccc(C2NC(c3ccc4c(c3)sc3ccccc34)NC(c3ccc4c(c3)sc3ccc(-c5cccc6c5sc5ccccc56)cc34)N2)cc1. The summed E-state index contributed by atoms with van der Waals surface area (Å²) in [7, 11) is 0. The van der Waals surface area contributed by atoms with E-state index >= 15 is 0 Å². The molecule has 1 saturated heterocycles. The van der Waals surface area contributed by atoms with Crippen LogP contribution in [0.5, 0.6) is 0 Å². The first-order valence-corrected chi connectivity index (χ1v) is 19.8. The highest BCUT2D eigenvalue weighted by molar-refractivity contribution is 7.27. The van der Waals surface area contributed by atoms with Crippen LogP contribution in [-0.4, -0.2) is 0 Å². The van der Waals surface area contributed by atoms with Crippen LogP contribution in [0.4, 0.5) is 0 Å². The quantitative estimate of drug-likeness (QED) is 0.170. The van der Waals surface area contributed by atoms with Gasteiger partial charge in [-0.15, -0.1) is 34.0 Å². The number of nitrogens with one attached hydrogen (secondary N) is 3. The zero-order chi connectivity index (χ0) is 33.5. The van der Waals surface area contributed by atoms with E-state index in [1.807, 2.05) is 34.0 Å². The Morgan fingerprint density at radius 2 is 0.863 bits per heavy atom. The van der Waals surface area contributed by atoms with Gasteiger partial charge < -0.3 is 0 Å². The first-order valence-electron chi connectivity index (χ1n) is 17.3. The molecule has 0 saturated carbocycles. The van der Waals surface area contributed by atoms with Crippen molar-refractivity contribution >= 4 is 94.5 Å². The Kier molecular flexibility index (Phi) is 6.90. The molecule has 0 aliphatic carbocycles. The summed E-state index contributed by atoms with van der Waals surface area (Å²) >= 11 is 5.64. The van der Waals surface area contributed by atoms with Crippen molar-refractivity contribution in [3.8, 4) is 11.1 Å². The maximum atomic E-state index is 3.93. The number of thiophene rings is 3. The van der Waals surface area contributed by atoms with Crippen molar-refractivity contribution in [1.82, 2.24) is 16.0 Å². The fourth-order valence-electron chi connectivity index (χ4n) is 7.90. The molecule has 3 unspecified atom stereocenters. The average Bonchev–Trinajstić information content (AvgIpc) is 3.88. The van der Waals surface area contributed by atoms with Crippen molar-refractivity contribution in [1.29, 1.82) is 0 Å². The van der Waals surface area contributed by atoms with Crippen LogP contribution in [0.1, 0.15) is 35.2 Å². The Morgan fingerprint density at radius 1 is 0.333 bits per heavy atom. The molecule has 0 amide bonds. The van der Waals surface area contributed by atoms with Gasteiger partial charge in [-0.25, -0.2) is 0 Å². The summed E-state index contributed by atoms with van der Waals surface area (Å²) in [6.45, 7) is 0. The Labute approximate surface area is 306 Å². The van der Waals surface area contributed by atoms with E-state index in [2.05, 4.69) is 168 Å². The molecule has 3 nitrogen and oxygen atoms in total. The molecule has 7 aromatic carbocycles. The fraction of sp³-hybridized carbons (Fsp3) is 0.0667. The summed E-state index contributed by atoms with van der Waals surface area (Å²) in [5, 5.41) is 19.6. The van der Waals surface area contributed by atoms with Crippen LogP contribution in [0.25, 0.3) is 71.6 Å². The van der Waals surface area contributed by atoms with Gasteiger partial charge in [-0.2, -0.15) is 0 Å². The highest BCUT2D eigenvalue weighted by Crippen LogP contribution is 2.43. The van der Waals surface area contributed by atoms with Crippen LogP contribution >= 0.6 is 34.0 Å². The third-order valence-electron chi connectivity index (χ3n) is 10.4. The van der Waals surface area contributed by atoms with Crippen molar-refractivity contribution in [2.24, 2.45) is 0 Å². The molecule has 0 radical (unpaired) electrons. The van der Waals surface area contributed by atoms with Crippen LogP contribution in [0.3, 0.4) is 0 Å². The normalized spacial score (nSPS) is 18.2. The fourth-order valence-corrected chi connectivity index (χ4v) is 11.4. The average molecular weight is 710 g/mol. The molecule has 10 aromatic rings. The van der Waals surface area contributed by atoms with Gasteiger partial charge in [0.1, 0.15) is 0 Å². The number of hydrogen-bond donors (Lipinski definition) is 3. The van der Waals surface area contributed by atoms with E-state index in [0.29, 0.717) is 0 Å². The van der Waals surface area contributed by atoms with Crippen LogP contribution in [-0.2, 0) is 0 Å². The summed E-state index contributed by atoms with van der Waals surface area (Å²) in [5.41, 5.74) is 6.28. The standard InChI is InChI=1S/C45H31N3S3/c1-2-9-26(10-3-1)43-46-44(28-17-20-33-31-11-4-6-15-37(31)49-40(33)24-28)48-45(47-43)29-18-21-34-36-23-27(19-22-39(36)50-41(34)25-29)30-13-8-14-35-32-12-5-7-16-38(32)51-42(30)35/h1-25,43-48H. The number of hydrogen-bond acceptors (Lipinski definition) is 6. The van der Waals surface area contributed by atoms with Gasteiger partial charge in [-0.1, -0.05) is 115 Å². The maximum Gasteiger partial charge on any atom is 0.0865 e. The second-order valence-electron chi connectivity index (χ2n) is 13.4. The van der Waals surface area contributed by atoms with Crippen LogP contribution in [0.15, 0.2) is 152 Å². The summed E-state index contributed by atoms with van der Waals surface area (Å²) in [6, 6.07) is 55.9. The van der Waals surface area contributed by atoms with Gasteiger partial charge in [0.15, 0.2) is 0 Å². The van der Waals surface area contributed by atoms with E-state index < -0.39 is 0 Å². The second kappa shape index (κ2) is 11.8. The van der Waals surface area contributed by atoms with Gasteiger partial charge in [0.2, 0.25) is 0 Å². The zero-order valence-electron chi connectivity index (χ0n) is 27.4. The molecular weight excluding hydrogens is 679 g/mol. The van der Waals surface area contributed by atoms with Crippen molar-refractivity contribution < 1.29 is 0 Å². The Morgan fingerprint density at radius 3 is 1.57 bits per heavy atom. The number of benzene rings is 7. The van der Waals surface area contributed by atoms with E-state index in [9.17, 15) is 0 Å². The van der Waals surface area contributed by atoms with Gasteiger partial charge >= 0.3 is 0 Å². The molecule has 1 fully saturated rings. The smallest absolute Gasteiger partial charge is 0.0865 e. The van der Waals surface area contributed by atoms with Gasteiger partial charge in [0, 0.05) is 60.5 Å². The summed E-state index contributed by atoms with van der Waals surface area (Å²) < 4.78 is 7.97. The van der Waals surface area contributed by atoms with E-state index in [1.165, 1.54) is 88.3 Å². The molecule has 6 heteroatoms. The highest BCUT2D eigenvalue weighted by Gasteiger charge is 2.30. The third-order valence-corrected chi connectivity index (χ3v) is 13.9. The summed E-state index contributed by atoms with van der Waals surface area (Å²) in [6.07, 6.45) is -0.0959. The first-order chi connectivity index (χ1) is 25.2. The molecule has 3 N–H and O–H groups in total. The second-order valence-corrected chi connectivity index (χ2v) is 16.6. The zero-order valence-corrected chi connectivity index (χ0v) is 29.8. The summed E-state index contributed by atoms with van der Waals surface area (Å²) in [5.74, 6) is 0. The lowest BCUT2D eigenvalue weighted by Crippen LogP contribution is -2.54. The van der Waals surface area contributed by atoms with Crippen LogP contribution < -0.4 is 16.0 Å². The van der Waals surface area contributed by atoms with E-state index in [0.717, 1.165) is 0 Å². The molecule has 244 valence electrons. The molecule has 1 aliphatic heterocycles. The van der Waals surface area contributed by atoms with Crippen molar-refractivity contribution in [3.05, 3.63) is 168 Å². The molecule has 0 bridgehead atoms. The van der Waals surface area contributed by atoms with Crippen molar-refractivity contribution in [2.45, 2.75) is 18.5 Å². The topological polar surface area (TPSA) is 36.1 Å². The molecule has 1 aliphatic rings. The lowest BCUT2D eigenvalue weighted by atomic mass is 10.00. The van der Waals surface area contributed by atoms with Crippen molar-refractivity contribution in [3.63, 3.8) is 0 Å². The van der Waals surface area contributed by atoms with E-state index in [-0.39, 0.29) is 18.5 Å². The van der Waals surface area contributed by atoms with Crippen molar-refractivity contribution in [2.75, 3.05) is 0 Å². The largest absolute Gasteiger partial charge is 0.279 e. The number of rotatable bonds is 4. The molecule has 3 aromatic heterocycles.